The van der Waals surface area contributed by atoms with Gasteiger partial charge in [-0.15, -0.1) is 0 Å². The van der Waals surface area contributed by atoms with Crippen molar-refractivity contribution in [1.29, 1.82) is 0 Å². The van der Waals surface area contributed by atoms with Crippen LogP contribution in [0.4, 0.5) is 0 Å². The van der Waals surface area contributed by atoms with Gasteiger partial charge in [0.25, 0.3) is 5.91 Å². The molecular formula is C14H22N2O5Si. The van der Waals surface area contributed by atoms with E-state index in [4.69, 9.17) is 9.52 Å². The summed E-state index contributed by atoms with van der Waals surface area (Å²) in [5.41, 5.74) is 0.218. The van der Waals surface area contributed by atoms with Gasteiger partial charge in [-0.05, 0) is 12.8 Å². The number of carboxylic acids is 1. The molecule has 2 rings (SSSR count). The first-order valence-corrected chi connectivity index (χ1v) is 10.9. The Morgan fingerprint density at radius 2 is 2.09 bits per heavy atom. The van der Waals surface area contributed by atoms with Crippen molar-refractivity contribution in [2.24, 2.45) is 0 Å². The molecule has 0 aliphatic carbocycles. The quantitative estimate of drug-likeness (QED) is 0.761. The lowest BCUT2D eigenvalue weighted by atomic mass is 10.2. The van der Waals surface area contributed by atoms with Crippen LogP contribution in [0.15, 0.2) is 4.42 Å². The molecule has 8 heteroatoms. The van der Waals surface area contributed by atoms with Crippen LogP contribution in [0.5, 0.6) is 0 Å². The molecule has 122 valence electrons. The fourth-order valence-electron chi connectivity index (χ4n) is 2.62. The topological polar surface area (TPSA) is 104 Å². The van der Waals surface area contributed by atoms with E-state index in [0.29, 0.717) is 30.7 Å². The van der Waals surface area contributed by atoms with Crippen molar-refractivity contribution in [1.82, 2.24) is 9.88 Å². The number of aliphatic hydroxyl groups is 1. The molecule has 22 heavy (non-hydrogen) atoms. The van der Waals surface area contributed by atoms with E-state index in [1.165, 1.54) is 4.90 Å². The molecule has 0 spiro atoms. The minimum absolute atomic E-state index is 0.110. The zero-order chi connectivity index (χ0) is 16.5. The molecule has 7 nitrogen and oxygen atoms in total. The number of rotatable bonds is 5. The zero-order valence-corrected chi connectivity index (χ0v) is 14.1. The second kappa shape index (κ2) is 6.21. The molecule has 1 amide bonds. The van der Waals surface area contributed by atoms with E-state index in [1.807, 2.05) is 19.6 Å². The third-order valence-electron chi connectivity index (χ3n) is 3.68. The number of amides is 1. The van der Waals surface area contributed by atoms with Crippen LogP contribution in [0.25, 0.3) is 0 Å². The van der Waals surface area contributed by atoms with Crippen molar-refractivity contribution in [3.8, 4) is 0 Å². The largest absolute Gasteiger partial charge is 0.480 e. The van der Waals surface area contributed by atoms with Crippen molar-refractivity contribution < 1.29 is 24.2 Å². The number of likely N-dealkylation sites (tertiary alicyclic amines) is 1. The Hall–Kier alpha value is -1.67. The summed E-state index contributed by atoms with van der Waals surface area (Å²) in [6.45, 7) is 6.41. The molecule has 0 bridgehead atoms. The standard InChI is InChI=1S/C14H22N2O5Si/c1-22(2,3)14-11(15-10(21-14)6-8-17)12(18)16-7-4-5-9(16)13(19)20/h9,17H,4-8H2,1-3H3,(H,19,20)/t9-/m1/s1. The predicted molar refractivity (Wildman–Crippen MR) is 82.0 cm³/mol. The Kier molecular flexibility index (Phi) is 4.71. The SMILES string of the molecule is C[Si](C)(C)c1oc(CCO)nc1C(=O)N1CCC[C@@H]1C(=O)O. The molecule has 1 aromatic rings. The first kappa shape index (κ1) is 16.7. The lowest BCUT2D eigenvalue weighted by Crippen LogP contribution is -2.46. The van der Waals surface area contributed by atoms with Gasteiger partial charge < -0.3 is 19.5 Å². The Bertz CT molecular complexity index is 578. The van der Waals surface area contributed by atoms with Crippen LogP contribution in [0.1, 0.15) is 29.2 Å². The zero-order valence-electron chi connectivity index (χ0n) is 13.1. The van der Waals surface area contributed by atoms with Crippen molar-refractivity contribution in [3.63, 3.8) is 0 Å². The van der Waals surface area contributed by atoms with Gasteiger partial charge in [-0.25, -0.2) is 9.78 Å². The fraction of sp³-hybridized carbons (Fsp3) is 0.643. The summed E-state index contributed by atoms with van der Waals surface area (Å²) in [4.78, 5) is 29.6. The Labute approximate surface area is 130 Å². The number of hydrogen-bond acceptors (Lipinski definition) is 5. The Balaban J connectivity index is 2.38. The summed E-state index contributed by atoms with van der Waals surface area (Å²) in [7, 11) is -1.95. The maximum absolute atomic E-state index is 12.7. The number of aromatic nitrogens is 1. The third kappa shape index (κ3) is 3.22. The van der Waals surface area contributed by atoms with Gasteiger partial charge >= 0.3 is 5.97 Å². The second-order valence-electron chi connectivity index (χ2n) is 6.50. The molecule has 1 aliphatic heterocycles. The molecule has 0 radical (unpaired) electrons. The van der Waals surface area contributed by atoms with E-state index in [0.717, 1.165) is 0 Å². The van der Waals surface area contributed by atoms with Crippen molar-refractivity contribution in [2.45, 2.75) is 44.9 Å². The number of carbonyl (C=O) groups excluding carboxylic acids is 1. The third-order valence-corrected chi connectivity index (χ3v) is 5.38. The summed E-state index contributed by atoms with van der Waals surface area (Å²) in [6, 6.07) is -0.792. The summed E-state index contributed by atoms with van der Waals surface area (Å²) in [6.07, 6.45) is 1.38. The highest BCUT2D eigenvalue weighted by Crippen LogP contribution is 2.21. The molecule has 0 saturated carbocycles. The van der Waals surface area contributed by atoms with E-state index >= 15 is 0 Å². The number of carbonyl (C=O) groups is 2. The fourth-order valence-corrected chi connectivity index (χ4v) is 3.92. The van der Waals surface area contributed by atoms with Crippen LogP contribution < -0.4 is 5.38 Å². The number of carboxylic acid groups (broad SMARTS) is 1. The van der Waals surface area contributed by atoms with Gasteiger partial charge in [-0.2, -0.15) is 0 Å². The molecule has 1 atom stereocenters. The number of oxazole rings is 1. The highest BCUT2D eigenvalue weighted by molar-refractivity contribution is 6.88. The maximum atomic E-state index is 12.7. The predicted octanol–water partition coefficient (Wildman–Crippen LogP) is 0.444. The maximum Gasteiger partial charge on any atom is 0.326 e. The molecule has 1 fully saturated rings. The van der Waals surface area contributed by atoms with Gasteiger partial charge in [-0.3, -0.25) is 4.79 Å². The van der Waals surface area contributed by atoms with Gasteiger partial charge in [0.05, 0.1) is 6.61 Å². The molecule has 1 aliphatic rings. The van der Waals surface area contributed by atoms with E-state index in [2.05, 4.69) is 4.98 Å². The highest BCUT2D eigenvalue weighted by Gasteiger charge is 2.39. The molecule has 2 N–H and O–H groups in total. The molecular weight excluding hydrogens is 304 g/mol. The summed E-state index contributed by atoms with van der Waals surface area (Å²) in [5, 5.41) is 18.8. The summed E-state index contributed by atoms with van der Waals surface area (Å²) in [5.74, 6) is -1.04. The number of aliphatic hydroxyl groups excluding tert-OH is 1. The first-order chi connectivity index (χ1) is 10.3. The van der Waals surface area contributed by atoms with Crippen molar-refractivity contribution in [2.75, 3.05) is 13.2 Å². The molecule has 0 aromatic carbocycles. The second-order valence-corrected chi connectivity index (χ2v) is 11.5. The normalized spacial score (nSPS) is 18.7. The van der Waals surface area contributed by atoms with Crippen LogP contribution in [0.2, 0.25) is 19.6 Å². The van der Waals surface area contributed by atoms with E-state index < -0.39 is 20.1 Å². The average Bonchev–Trinajstić information content (AvgIpc) is 3.03. The van der Waals surface area contributed by atoms with Crippen LogP contribution in [-0.2, 0) is 11.2 Å². The lowest BCUT2D eigenvalue weighted by Gasteiger charge is -2.22. The molecule has 1 saturated heterocycles. The van der Waals surface area contributed by atoms with E-state index in [-0.39, 0.29) is 24.6 Å². The lowest BCUT2D eigenvalue weighted by molar-refractivity contribution is -0.141. The van der Waals surface area contributed by atoms with Crippen LogP contribution in [0.3, 0.4) is 0 Å². The summed E-state index contributed by atoms with van der Waals surface area (Å²) < 4.78 is 5.69. The summed E-state index contributed by atoms with van der Waals surface area (Å²) >= 11 is 0. The van der Waals surface area contributed by atoms with Gasteiger partial charge in [-0.1, -0.05) is 19.6 Å². The van der Waals surface area contributed by atoms with E-state index in [9.17, 15) is 14.7 Å². The number of hydrogen-bond donors (Lipinski definition) is 2. The van der Waals surface area contributed by atoms with Crippen molar-refractivity contribution in [3.05, 3.63) is 11.6 Å². The minimum Gasteiger partial charge on any atom is -0.480 e. The molecule has 1 aromatic heterocycles. The van der Waals surface area contributed by atoms with Crippen LogP contribution in [-0.4, -0.2) is 59.2 Å². The van der Waals surface area contributed by atoms with Gasteiger partial charge in [0, 0.05) is 13.0 Å². The average molecular weight is 326 g/mol. The van der Waals surface area contributed by atoms with Gasteiger partial charge in [0.15, 0.2) is 11.6 Å². The first-order valence-electron chi connectivity index (χ1n) is 7.40. The highest BCUT2D eigenvalue weighted by atomic mass is 28.3. The molecule has 2 heterocycles. The Morgan fingerprint density at radius 3 is 2.64 bits per heavy atom. The van der Waals surface area contributed by atoms with Crippen molar-refractivity contribution >= 4 is 25.3 Å². The number of nitrogens with zero attached hydrogens (tertiary/aromatic N) is 2. The van der Waals surface area contributed by atoms with Gasteiger partial charge in [0.2, 0.25) is 0 Å². The van der Waals surface area contributed by atoms with Crippen LogP contribution >= 0.6 is 0 Å². The van der Waals surface area contributed by atoms with Crippen LogP contribution in [0, 0.1) is 0 Å². The smallest absolute Gasteiger partial charge is 0.326 e. The monoisotopic (exact) mass is 326 g/mol. The van der Waals surface area contributed by atoms with E-state index in [1.54, 1.807) is 0 Å². The number of aliphatic carboxylic acids is 1. The van der Waals surface area contributed by atoms with Gasteiger partial charge in [0.1, 0.15) is 19.5 Å². The molecule has 0 unspecified atom stereocenters. The minimum atomic E-state index is -1.95. The Morgan fingerprint density at radius 1 is 1.41 bits per heavy atom.